The molecule has 1 aliphatic rings. The van der Waals surface area contributed by atoms with Crippen LogP contribution in [0.2, 0.25) is 0 Å². The van der Waals surface area contributed by atoms with Gasteiger partial charge in [-0.3, -0.25) is 18.9 Å². The lowest BCUT2D eigenvalue weighted by Gasteiger charge is -2.16. The molecule has 0 radical (unpaired) electrons. The zero-order valence-electron chi connectivity index (χ0n) is 11.2. The SMILES string of the molecule is Cc1cn([C@H]2O[C@@H](COP(=O)(O)O)[C@@H](O)C2F)c(=O)[nH]c1=O. The summed E-state index contributed by atoms with van der Waals surface area (Å²) in [7, 11) is -4.81. The Bertz CT molecular complexity index is 712. The molecule has 22 heavy (non-hydrogen) atoms. The van der Waals surface area contributed by atoms with E-state index in [9.17, 15) is 23.7 Å². The molecule has 0 aromatic carbocycles. The third kappa shape index (κ3) is 3.51. The third-order valence-electron chi connectivity index (χ3n) is 3.12. The summed E-state index contributed by atoms with van der Waals surface area (Å²) in [4.78, 5) is 42.1. The van der Waals surface area contributed by atoms with Gasteiger partial charge in [0.2, 0.25) is 0 Å². The number of phosphoric ester groups is 1. The first-order valence-electron chi connectivity index (χ1n) is 6.10. The van der Waals surface area contributed by atoms with Crippen molar-refractivity contribution in [1.82, 2.24) is 9.55 Å². The minimum Gasteiger partial charge on any atom is -0.387 e. The van der Waals surface area contributed by atoms with Crippen molar-refractivity contribution in [1.29, 1.82) is 0 Å². The van der Waals surface area contributed by atoms with Crippen LogP contribution in [0, 0.1) is 6.92 Å². The Labute approximate surface area is 122 Å². The molecule has 0 amide bonds. The van der Waals surface area contributed by atoms with Crippen molar-refractivity contribution in [2.75, 3.05) is 6.61 Å². The Morgan fingerprint density at radius 1 is 1.50 bits per heavy atom. The fourth-order valence-electron chi connectivity index (χ4n) is 2.01. The summed E-state index contributed by atoms with van der Waals surface area (Å²) in [5, 5.41) is 9.68. The molecule has 0 bridgehead atoms. The smallest absolute Gasteiger partial charge is 0.387 e. The van der Waals surface area contributed by atoms with Gasteiger partial charge in [0.05, 0.1) is 6.61 Å². The Morgan fingerprint density at radius 3 is 2.73 bits per heavy atom. The maximum atomic E-state index is 14.1. The lowest BCUT2D eigenvalue weighted by atomic mass is 10.1. The third-order valence-corrected chi connectivity index (χ3v) is 3.61. The molecule has 124 valence electrons. The summed E-state index contributed by atoms with van der Waals surface area (Å²) < 4.78 is 34.7. The number of hydrogen-bond acceptors (Lipinski definition) is 6. The van der Waals surface area contributed by atoms with Crippen molar-refractivity contribution >= 4 is 7.82 Å². The normalized spacial score (nSPS) is 29.0. The molecule has 1 unspecified atom stereocenters. The standard InChI is InChI=1S/C10H14FN2O8P/c1-4-2-13(10(16)12-8(4)15)9-6(11)7(14)5(21-9)3-20-22(17,18)19/h2,5-7,9,14H,3H2,1H3,(H,12,15,16)(H2,17,18,19)/t5-,6?,7+,9-/m0/s1. The highest BCUT2D eigenvalue weighted by atomic mass is 31.2. The van der Waals surface area contributed by atoms with Gasteiger partial charge >= 0.3 is 13.5 Å². The molecule has 4 atom stereocenters. The molecule has 1 aromatic heterocycles. The van der Waals surface area contributed by atoms with E-state index < -0.39 is 50.3 Å². The molecule has 10 nitrogen and oxygen atoms in total. The molecular formula is C10H14FN2O8P. The first-order valence-corrected chi connectivity index (χ1v) is 7.63. The van der Waals surface area contributed by atoms with E-state index in [-0.39, 0.29) is 5.56 Å². The van der Waals surface area contributed by atoms with E-state index in [1.54, 1.807) is 0 Å². The van der Waals surface area contributed by atoms with Crippen LogP contribution in [0.25, 0.3) is 0 Å². The Morgan fingerprint density at radius 2 is 2.14 bits per heavy atom. The molecule has 1 fully saturated rings. The second kappa shape index (κ2) is 6.03. The molecular weight excluding hydrogens is 326 g/mol. The Balaban J connectivity index is 2.23. The molecule has 12 heteroatoms. The van der Waals surface area contributed by atoms with Gasteiger partial charge in [0.1, 0.15) is 12.2 Å². The van der Waals surface area contributed by atoms with Gasteiger partial charge in [-0.2, -0.15) is 0 Å². The summed E-state index contributed by atoms with van der Waals surface area (Å²) >= 11 is 0. The number of phosphoric acid groups is 1. The van der Waals surface area contributed by atoms with E-state index in [4.69, 9.17) is 14.5 Å². The largest absolute Gasteiger partial charge is 0.469 e. The average molecular weight is 340 g/mol. The van der Waals surface area contributed by atoms with Crippen LogP contribution in [-0.2, 0) is 13.8 Å². The number of aryl methyl sites for hydroxylation is 1. The van der Waals surface area contributed by atoms with Gasteiger partial charge in [0.15, 0.2) is 12.4 Å². The van der Waals surface area contributed by atoms with Gasteiger partial charge in [0.25, 0.3) is 5.56 Å². The van der Waals surface area contributed by atoms with Crippen molar-refractivity contribution in [3.8, 4) is 0 Å². The van der Waals surface area contributed by atoms with E-state index in [2.05, 4.69) is 4.52 Å². The number of aliphatic hydroxyl groups is 1. The zero-order chi connectivity index (χ0) is 16.7. The molecule has 1 saturated heterocycles. The Hall–Kier alpha value is -1.36. The van der Waals surface area contributed by atoms with Crippen LogP contribution in [0.4, 0.5) is 4.39 Å². The van der Waals surface area contributed by atoms with Gasteiger partial charge in [-0.25, -0.2) is 13.8 Å². The summed E-state index contributed by atoms with van der Waals surface area (Å²) in [5.41, 5.74) is -1.46. The van der Waals surface area contributed by atoms with E-state index >= 15 is 0 Å². The molecule has 0 spiro atoms. The van der Waals surface area contributed by atoms with Crippen molar-refractivity contribution in [3.63, 3.8) is 0 Å². The van der Waals surface area contributed by atoms with Crippen molar-refractivity contribution in [3.05, 3.63) is 32.6 Å². The van der Waals surface area contributed by atoms with Gasteiger partial charge < -0.3 is 19.6 Å². The fraction of sp³-hybridized carbons (Fsp3) is 0.600. The van der Waals surface area contributed by atoms with E-state index in [1.807, 2.05) is 4.98 Å². The van der Waals surface area contributed by atoms with Crippen LogP contribution in [0.1, 0.15) is 11.8 Å². The summed E-state index contributed by atoms with van der Waals surface area (Å²) in [6, 6.07) is 0. The van der Waals surface area contributed by atoms with Crippen LogP contribution in [-0.4, -0.2) is 49.4 Å². The molecule has 0 aliphatic carbocycles. The van der Waals surface area contributed by atoms with Gasteiger partial charge in [-0.1, -0.05) is 0 Å². The lowest BCUT2D eigenvalue weighted by Crippen LogP contribution is -2.36. The zero-order valence-corrected chi connectivity index (χ0v) is 12.1. The summed E-state index contributed by atoms with van der Waals surface area (Å²) in [6.07, 6.45) is -5.67. The minimum atomic E-state index is -4.81. The van der Waals surface area contributed by atoms with Crippen molar-refractivity contribution < 1.29 is 33.1 Å². The predicted molar refractivity (Wildman–Crippen MR) is 68.9 cm³/mol. The number of rotatable bonds is 4. The quantitative estimate of drug-likeness (QED) is 0.486. The number of H-pyrrole nitrogens is 1. The number of nitrogens with one attached hydrogen (secondary N) is 1. The van der Waals surface area contributed by atoms with E-state index in [0.29, 0.717) is 0 Å². The monoisotopic (exact) mass is 340 g/mol. The number of ether oxygens (including phenoxy) is 1. The molecule has 2 heterocycles. The highest BCUT2D eigenvalue weighted by molar-refractivity contribution is 7.46. The minimum absolute atomic E-state index is 0.125. The van der Waals surface area contributed by atoms with Crippen molar-refractivity contribution in [2.45, 2.75) is 31.5 Å². The predicted octanol–water partition coefficient (Wildman–Crippen LogP) is -1.45. The molecule has 4 N–H and O–H groups in total. The summed E-state index contributed by atoms with van der Waals surface area (Å²) in [6.45, 7) is 0.626. The number of halogens is 1. The second-order valence-corrected chi connectivity index (χ2v) is 6.00. The molecule has 1 aliphatic heterocycles. The van der Waals surface area contributed by atoms with Crippen LogP contribution in [0.3, 0.4) is 0 Å². The molecule has 0 saturated carbocycles. The number of aromatic nitrogens is 2. The number of aliphatic hydroxyl groups excluding tert-OH is 1. The topological polar surface area (TPSA) is 151 Å². The van der Waals surface area contributed by atoms with Crippen LogP contribution < -0.4 is 11.2 Å². The van der Waals surface area contributed by atoms with E-state index in [1.165, 1.54) is 6.92 Å². The molecule has 2 rings (SSSR count). The first-order chi connectivity index (χ1) is 10.1. The van der Waals surface area contributed by atoms with Gasteiger partial charge in [-0.15, -0.1) is 0 Å². The van der Waals surface area contributed by atoms with Gasteiger partial charge in [-0.05, 0) is 6.92 Å². The number of alkyl halides is 1. The first kappa shape index (κ1) is 17.0. The number of aromatic amines is 1. The van der Waals surface area contributed by atoms with Crippen LogP contribution >= 0.6 is 7.82 Å². The maximum Gasteiger partial charge on any atom is 0.469 e. The van der Waals surface area contributed by atoms with Gasteiger partial charge in [0, 0.05) is 11.8 Å². The Kier molecular flexibility index (Phi) is 4.66. The van der Waals surface area contributed by atoms with E-state index in [0.717, 1.165) is 10.8 Å². The molecule has 1 aromatic rings. The van der Waals surface area contributed by atoms with Crippen LogP contribution in [0.5, 0.6) is 0 Å². The average Bonchev–Trinajstić information content (AvgIpc) is 2.68. The number of hydrogen-bond donors (Lipinski definition) is 4. The van der Waals surface area contributed by atoms with Crippen LogP contribution in [0.15, 0.2) is 15.8 Å². The lowest BCUT2D eigenvalue weighted by molar-refractivity contribution is -0.0484. The van der Waals surface area contributed by atoms with Crippen molar-refractivity contribution in [2.24, 2.45) is 0 Å². The second-order valence-electron chi connectivity index (χ2n) is 4.77. The highest BCUT2D eigenvalue weighted by Gasteiger charge is 2.46. The highest BCUT2D eigenvalue weighted by Crippen LogP contribution is 2.38. The number of nitrogens with zero attached hydrogens (tertiary/aromatic N) is 1. The summed E-state index contributed by atoms with van der Waals surface area (Å²) in [5.74, 6) is 0. The fourth-order valence-corrected chi connectivity index (χ4v) is 2.35. The maximum absolute atomic E-state index is 14.1.